The lowest BCUT2D eigenvalue weighted by Gasteiger charge is -2.16. The maximum absolute atomic E-state index is 5.86. The molecule has 0 aromatic rings. The van der Waals surface area contributed by atoms with Gasteiger partial charge in [-0.3, -0.25) is 0 Å². The lowest BCUT2D eigenvalue weighted by atomic mass is 9.96. The molecule has 0 saturated heterocycles. The van der Waals surface area contributed by atoms with Crippen LogP contribution in [-0.4, -0.2) is 6.04 Å². The van der Waals surface area contributed by atoms with Crippen LogP contribution >= 0.6 is 0 Å². The lowest BCUT2D eigenvalue weighted by Crippen LogP contribution is -2.26. The Hall–Kier alpha value is -0.0400. The van der Waals surface area contributed by atoms with Crippen molar-refractivity contribution in [3.8, 4) is 0 Å². The van der Waals surface area contributed by atoms with Crippen LogP contribution in [0.4, 0.5) is 0 Å². The third-order valence-electron chi connectivity index (χ3n) is 1.93. The molecule has 0 unspecified atom stereocenters. The van der Waals surface area contributed by atoms with Gasteiger partial charge in [0.15, 0.2) is 0 Å². The highest BCUT2D eigenvalue weighted by atomic mass is 14.6. The molecule has 0 aliphatic rings. The van der Waals surface area contributed by atoms with Crippen molar-refractivity contribution < 1.29 is 0 Å². The fourth-order valence-corrected chi connectivity index (χ4v) is 0.859. The monoisotopic (exact) mass is 143 g/mol. The highest BCUT2D eigenvalue weighted by Crippen LogP contribution is 2.10. The Morgan fingerprint density at radius 2 is 1.50 bits per heavy atom. The molecule has 1 atom stereocenters. The summed E-state index contributed by atoms with van der Waals surface area (Å²) in [6.07, 6.45) is 2.44. The molecule has 0 rings (SSSR count). The van der Waals surface area contributed by atoms with Crippen LogP contribution in [0.1, 0.15) is 40.5 Å². The fraction of sp³-hybridized carbons (Fsp3) is 1.00. The Kier molecular flexibility index (Phi) is 4.71. The molecule has 1 heteroatoms. The van der Waals surface area contributed by atoms with E-state index in [1.807, 2.05) is 0 Å². The predicted molar refractivity (Wildman–Crippen MR) is 46.9 cm³/mol. The largest absolute Gasteiger partial charge is 0.327 e. The van der Waals surface area contributed by atoms with Gasteiger partial charge in [-0.1, -0.05) is 27.7 Å². The van der Waals surface area contributed by atoms with Crippen LogP contribution in [0.15, 0.2) is 0 Å². The molecule has 2 N–H and O–H groups in total. The van der Waals surface area contributed by atoms with Crippen LogP contribution in [0, 0.1) is 11.8 Å². The minimum atomic E-state index is 0.405. The Bertz CT molecular complexity index is 76.8. The van der Waals surface area contributed by atoms with E-state index in [9.17, 15) is 0 Å². The first-order chi connectivity index (χ1) is 4.54. The van der Waals surface area contributed by atoms with Gasteiger partial charge in [0.25, 0.3) is 0 Å². The third-order valence-corrected chi connectivity index (χ3v) is 1.93. The molecule has 0 saturated carbocycles. The topological polar surface area (TPSA) is 26.0 Å². The molecule has 0 aliphatic carbocycles. The van der Waals surface area contributed by atoms with Crippen molar-refractivity contribution in [3.63, 3.8) is 0 Å². The van der Waals surface area contributed by atoms with Crippen molar-refractivity contribution in [2.75, 3.05) is 0 Å². The standard InChI is InChI=1S/C9H21N/c1-7(2)5-6-9(10)8(3)4/h7-9H,5-6,10H2,1-4H3/t9-/m0/s1. The molecule has 0 aliphatic heterocycles. The van der Waals surface area contributed by atoms with E-state index in [1.54, 1.807) is 0 Å². The minimum Gasteiger partial charge on any atom is -0.327 e. The van der Waals surface area contributed by atoms with E-state index in [4.69, 9.17) is 5.73 Å². The van der Waals surface area contributed by atoms with E-state index >= 15 is 0 Å². The first-order valence-corrected chi connectivity index (χ1v) is 4.29. The lowest BCUT2D eigenvalue weighted by molar-refractivity contribution is 0.418. The second-order valence-electron chi connectivity index (χ2n) is 3.88. The van der Waals surface area contributed by atoms with Gasteiger partial charge in [0.2, 0.25) is 0 Å². The number of rotatable bonds is 4. The zero-order chi connectivity index (χ0) is 8.15. The van der Waals surface area contributed by atoms with E-state index in [0.717, 1.165) is 5.92 Å². The molecular weight excluding hydrogens is 122 g/mol. The summed E-state index contributed by atoms with van der Waals surface area (Å²) in [5.74, 6) is 1.43. The van der Waals surface area contributed by atoms with Crippen LogP contribution in [0.25, 0.3) is 0 Å². The summed E-state index contributed by atoms with van der Waals surface area (Å²) in [6, 6.07) is 0.405. The highest BCUT2D eigenvalue weighted by molar-refractivity contribution is 4.65. The van der Waals surface area contributed by atoms with Gasteiger partial charge in [0.05, 0.1) is 0 Å². The van der Waals surface area contributed by atoms with Gasteiger partial charge in [-0.25, -0.2) is 0 Å². The van der Waals surface area contributed by atoms with Crippen LogP contribution < -0.4 is 5.73 Å². The molecule has 0 spiro atoms. The van der Waals surface area contributed by atoms with Gasteiger partial charge in [-0.2, -0.15) is 0 Å². The molecule has 0 aromatic carbocycles. The van der Waals surface area contributed by atoms with Gasteiger partial charge < -0.3 is 5.73 Å². The molecular formula is C9H21N. The van der Waals surface area contributed by atoms with Crippen LogP contribution in [0.5, 0.6) is 0 Å². The van der Waals surface area contributed by atoms with Gasteiger partial charge in [0.1, 0.15) is 0 Å². The first-order valence-electron chi connectivity index (χ1n) is 4.29. The van der Waals surface area contributed by atoms with Gasteiger partial charge in [-0.05, 0) is 24.7 Å². The van der Waals surface area contributed by atoms with Crippen molar-refractivity contribution in [2.45, 2.75) is 46.6 Å². The minimum absolute atomic E-state index is 0.405. The normalized spacial score (nSPS) is 14.7. The fourth-order valence-electron chi connectivity index (χ4n) is 0.859. The Balaban J connectivity index is 3.30. The smallest absolute Gasteiger partial charge is 0.00619 e. The second-order valence-corrected chi connectivity index (χ2v) is 3.88. The van der Waals surface area contributed by atoms with Crippen molar-refractivity contribution in [3.05, 3.63) is 0 Å². The summed E-state index contributed by atoms with van der Waals surface area (Å²) in [4.78, 5) is 0. The Labute approximate surface area is 65.0 Å². The molecule has 0 radical (unpaired) electrons. The number of hydrogen-bond donors (Lipinski definition) is 1. The molecule has 0 bridgehead atoms. The highest BCUT2D eigenvalue weighted by Gasteiger charge is 2.07. The average Bonchev–Trinajstić information content (AvgIpc) is 1.82. The quantitative estimate of drug-likeness (QED) is 0.642. The molecule has 62 valence electrons. The third kappa shape index (κ3) is 4.80. The summed E-state index contributed by atoms with van der Waals surface area (Å²) in [7, 11) is 0. The molecule has 10 heavy (non-hydrogen) atoms. The van der Waals surface area contributed by atoms with E-state index in [2.05, 4.69) is 27.7 Å². The zero-order valence-corrected chi connectivity index (χ0v) is 7.72. The van der Waals surface area contributed by atoms with Crippen molar-refractivity contribution in [1.82, 2.24) is 0 Å². The SMILES string of the molecule is CC(C)CC[C@H](N)C(C)C. The number of nitrogens with two attached hydrogens (primary N) is 1. The van der Waals surface area contributed by atoms with Crippen molar-refractivity contribution in [2.24, 2.45) is 17.6 Å². The van der Waals surface area contributed by atoms with Crippen LogP contribution in [0.2, 0.25) is 0 Å². The molecule has 0 heterocycles. The van der Waals surface area contributed by atoms with Crippen molar-refractivity contribution >= 4 is 0 Å². The molecule has 0 fully saturated rings. The summed E-state index contributed by atoms with van der Waals surface area (Å²) < 4.78 is 0. The Morgan fingerprint density at radius 3 is 1.80 bits per heavy atom. The first kappa shape index (κ1) is 9.96. The van der Waals surface area contributed by atoms with E-state index in [-0.39, 0.29) is 0 Å². The Morgan fingerprint density at radius 1 is 1.00 bits per heavy atom. The van der Waals surface area contributed by atoms with Crippen LogP contribution in [-0.2, 0) is 0 Å². The number of hydrogen-bond acceptors (Lipinski definition) is 1. The van der Waals surface area contributed by atoms with Gasteiger partial charge in [-0.15, -0.1) is 0 Å². The molecule has 1 nitrogen and oxygen atoms in total. The zero-order valence-electron chi connectivity index (χ0n) is 7.72. The summed E-state index contributed by atoms with van der Waals surface area (Å²) in [5.41, 5.74) is 5.86. The van der Waals surface area contributed by atoms with Crippen LogP contribution in [0.3, 0.4) is 0 Å². The van der Waals surface area contributed by atoms with E-state index in [0.29, 0.717) is 12.0 Å². The molecule has 0 amide bonds. The predicted octanol–water partition coefficient (Wildman–Crippen LogP) is 2.41. The maximum Gasteiger partial charge on any atom is 0.00619 e. The van der Waals surface area contributed by atoms with Gasteiger partial charge >= 0.3 is 0 Å². The summed E-state index contributed by atoms with van der Waals surface area (Å²) in [6.45, 7) is 8.86. The molecule has 0 aromatic heterocycles. The summed E-state index contributed by atoms with van der Waals surface area (Å²) >= 11 is 0. The van der Waals surface area contributed by atoms with E-state index in [1.165, 1.54) is 12.8 Å². The summed E-state index contributed by atoms with van der Waals surface area (Å²) in [5, 5.41) is 0. The van der Waals surface area contributed by atoms with E-state index < -0.39 is 0 Å². The second kappa shape index (κ2) is 4.73. The van der Waals surface area contributed by atoms with Crippen molar-refractivity contribution in [1.29, 1.82) is 0 Å². The average molecular weight is 143 g/mol. The van der Waals surface area contributed by atoms with Gasteiger partial charge in [0, 0.05) is 6.04 Å². The maximum atomic E-state index is 5.86.